The number of carbonyl (C=O) groups is 2. The first-order chi connectivity index (χ1) is 8.91. The number of nitrogens with zero attached hydrogens (tertiary/aromatic N) is 2. The Morgan fingerprint density at radius 2 is 2.11 bits per heavy atom. The second kappa shape index (κ2) is 5.69. The average molecular weight is 321 g/mol. The molecule has 0 spiro atoms. The first kappa shape index (κ1) is 14.6. The Morgan fingerprint density at radius 1 is 1.42 bits per heavy atom. The highest BCUT2D eigenvalue weighted by atomic mass is 35.5. The molecule has 0 N–H and O–H groups in total. The summed E-state index contributed by atoms with van der Waals surface area (Å²) < 4.78 is 0.848. The maximum atomic E-state index is 12.4. The molecule has 2 rings (SSSR count). The van der Waals surface area contributed by atoms with Crippen LogP contribution in [0, 0.1) is 0 Å². The molecule has 4 nitrogen and oxygen atoms in total. The van der Waals surface area contributed by atoms with Gasteiger partial charge in [0, 0.05) is 20.6 Å². The number of hydrogen-bond acceptors (Lipinski definition) is 3. The maximum absolute atomic E-state index is 12.4. The molecular weight excluding hydrogens is 307 g/mol. The van der Waals surface area contributed by atoms with Crippen molar-refractivity contribution < 1.29 is 9.59 Å². The fourth-order valence-corrected chi connectivity index (χ4v) is 3.65. The summed E-state index contributed by atoms with van der Waals surface area (Å²) in [5, 5.41) is 0. The molecule has 0 radical (unpaired) electrons. The lowest BCUT2D eigenvalue weighted by atomic mass is 10.2. The third-order valence-electron chi connectivity index (χ3n) is 3.13. The fourth-order valence-electron chi connectivity index (χ4n) is 2.21. The molecule has 1 fully saturated rings. The van der Waals surface area contributed by atoms with E-state index in [4.69, 9.17) is 23.2 Å². The van der Waals surface area contributed by atoms with Gasteiger partial charge in [-0.25, -0.2) is 0 Å². The minimum Gasteiger partial charge on any atom is -0.347 e. The molecular formula is C12H14Cl2N2O2S. The van der Waals surface area contributed by atoms with Gasteiger partial charge in [0.25, 0.3) is 5.91 Å². The van der Waals surface area contributed by atoms with Crippen LogP contribution in [-0.4, -0.2) is 48.3 Å². The Morgan fingerprint density at radius 3 is 2.63 bits per heavy atom. The van der Waals surface area contributed by atoms with Gasteiger partial charge in [0.15, 0.2) is 0 Å². The Hall–Kier alpha value is -0.780. The maximum Gasteiger partial charge on any atom is 0.256 e. The van der Waals surface area contributed by atoms with Crippen LogP contribution in [0.25, 0.3) is 0 Å². The van der Waals surface area contributed by atoms with Crippen LogP contribution in [0.5, 0.6) is 0 Å². The average Bonchev–Trinajstić information content (AvgIpc) is 2.93. The highest BCUT2D eigenvalue weighted by molar-refractivity contribution is 7.20. The molecule has 104 valence electrons. The van der Waals surface area contributed by atoms with Crippen molar-refractivity contribution in [2.45, 2.75) is 18.9 Å². The van der Waals surface area contributed by atoms with Crippen LogP contribution in [-0.2, 0) is 4.79 Å². The van der Waals surface area contributed by atoms with E-state index in [1.165, 1.54) is 4.90 Å². The molecule has 1 aromatic rings. The van der Waals surface area contributed by atoms with Crippen molar-refractivity contribution in [2.75, 3.05) is 20.6 Å². The number of amides is 2. The Balaban J connectivity index is 2.23. The van der Waals surface area contributed by atoms with E-state index in [0.717, 1.165) is 17.8 Å². The lowest BCUT2D eigenvalue weighted by Crippen LogP contribution is -2.45. The van der Waals surface area contributed by atoms with Crippen LogP contribution in [0.2, 0.25) is 8.67 Å². The predicted molar refractivity (Wildman–Crippen MR) is 77.1 cm³/mol. The summed E-state index contributed by atoms with van der Waals surface area (Å²) in [7, 11) is 3.38. The van der Waals surface area contributed by atoms with E-state index in [1.54, 1.807) is 25.1 Å². The normalized spacial score (nSPS) is 18.7. The third-order valence-corrected chi connectivity index (χ3v) is 4.61. The van der Waals surface area contributed by atoms with E-state index in [2.05, 4.69) is 0 Å². The Bertz CT molecular complexity index is 516. The highest BCUT2D eigenvalue weighted by Gasteiger charge is 2.36. The molecule has 1 saturated heterocycles. The molecule has 7 heteroatoms. The summed E-state index contributed by atoms with van der Waals surface area (Å²) in [5.74, 6) is -0.269. The number of rotatable bonds is 2. The van der Waals surface area contributed by atoms with E-state index in [9.17, 15) is 9.59 Å². The van der Waals surface area contributed by atoms with E-state index in [-0.39, 0.29) is 11.8 Å². The van der Waals surface area contributed by atoms with E-state index in [1.807, 2.05) is 0 Å². The highest BCUT2D eigenvalue weighted by Crippen LogP contribution is 2.33. The van der Waals surface area contributed by atoms with Gasteiger partial charge in [0.1, 0.15) is 10.4 Å². The van der Waals surface area contributed by atoms with Gasteiger partial charge in [-0.3, -0.25) is 9.59 Å². The van der Waals surface area contributed by atoms with Gasteiger partial charge < -0.3 is 9.80 Å². The number of carbonyl (C=O) groups excluding carboxylic acids is 2. The lowest BCUT2D eigenvalue weighted by Gasteiger charge is -2.26. The third kappa shape index (κ3) is 2.88. The number of likely N-dealkylation sites (N-methyl/N-ethyl adjacent to an activating group) is 1. The van der Waals surface area contributed by atoms with Crippen LogP contribution in [0.4, 0.5) is 0 Å². The van der Waals surface area contributed by atoms with Crippen molar-refractivity contribution >= 4 is 46.4 Å². The minimum atomic E-state index is -0.391. The Kier molecular flexibility index (Phi) is 4.38. The van der Waals surface area contributed by atoms with Gasteiger partial charge in [0.2, 0.25) is 5.91 Å². The summed E-state index contributed by atoms with van der Waals surface area (Å²) in [5.41, 5.74) is 0.384. The van der Waals surface area contributed by atoms with Gasteiger partial charge in [-0.2, -0.15) is 0 Å². The molecule has 0 aliphatic carbocycles. The van der Waals surface area contributed by atoms with Crippen molar-refractivity contribution in [1.29, 1.82) is 0 Å². The van der Waals surface area contributed by atoms with Gasteiger partial charge in [-0.05, 0) is 18.9 Å². The molecule has 2 amide bonds. The van der Waals surface area contributed by atoms with Crippen LogP contribution < -0.4 is 0 Å². The van der Waals surface area contributed by atoms with Crippen molar-refractivity contribution in [3.63, 3.8) is 0 Å². The standard InChI is InChI=1S/C12H14Cl2N2O2S/c1-15(2)12(18)8-4-3-5-16(8)11(17)7-6-9(13)19-10(7)14/h6,8H,3-5H2,1-2H3/t8-/m1/s1. The number of thiophene rings is 1. The minimum absolute atomic E-state index is 0.0525. The van der Waals surface area contributed by atoms with Crippen LogP contribution in [0.15, 0.2) is 6.07 Å². The second-order valence-corrected chi connectivity index (χ2v) is 6.91. The van der Waals surface area contributed by atoms with Gasteiger partial charge in [-0.1, -0.05) is 23.2 Å². The number of hydrogen-bond donors (Lipinski definition) is 0. The monoisotopic (exact) mass is 320 g/mol. The summed E-state index contributed by atoms with van der Waals surface area (Å²) in [6, 6.07) is 1.17. The number of likely N-dealkylation sites (tertiary alicyclic amines) is 1. The molecule has 1 aliphatic heterocycles. The van der Waals surface area contributed by atoms with E-state index >= 15 is 0 Å². The molecule has 2 heterocycles. The summed E-state index contributed by atoms with van der Waals surface area (Å²) in [6.45, 7) is 0.576. The quantitative estimate of drug-likeness (QED) is 0.840. The zero-order valence-electron chi connectivity index (χ0n) is 10.7. The van der Waals surface area contributed by atoms with E-state index in [0.29, 0.717) is 27.2 Å². The van der Waals surface area contributed by atoms with Gasteiger partial charge in [-0.15, -0.1) is 11.3 Å². The summed E-state index contributed by atoms with van der Waals surface area (Å²) in [4.78, 5) is 27.6. The van der Waals surface area contributed by atoms with Crippen LogP contribution in [0.3, 0.4) is 0 Å². The zero-order valence-corrected chi connectivity index (χ0v) is 13.0. The molecule has 1 atom stereocenters. The zero-order chi connectivity index (χ0) is 14.2. The van der Waals surface area contributed by atoms with Gasteiger partial charge in [0.05, 0.1) is 9.90 Å². The van der Waals surface area contributed by atoms with E-state index < -0.39 is 6.04 Å². The molecule has 0 saturated carbocycles. The molecule has 0 unspecified atom stereocenters. The van der Waals surface area contributed by atoms with Crippen molar-refractivity contribution in [3.05, 3.63) is 20.3 Å². The van der Waals surface area contributed by atoms with Crippen molar-refractivity contribution in [3.8, 4) is 0 Å². The smallest absolute Gasteiger partial charge is 0.256 e. The first-order valence-electron chi connectivity index (χ1n) is 5.88. The van der Waals surface area contributed by atoms with Gasteiger partial charge >= 0.3 is 0 Å². The Labute approximate surface area is 125 Å². The molecule has 1 aliphatic rings. The van der Waals surface area contributed by atoms with Crippen LogP contribution in [0.1, 0.15) is 23.2 Å². The second-order valence-electron chi connectivity index (χ2n) is 4.63. The summed E-state index contributed by atoms with van der Waals surface area (Å²) >= 11 is 13.0. The predicted octanol–water partition coefficient (Wildman–Crippen LogP) is 2.75. The van der Waals surface area contributed by atoms with Crippen molar-refractivity contribution in [2.24, 2.45) is 0 Å². The molecule has 19 heavy (non-hydrogen) atoms. The lowest BCUT2D eigenvalue weighted by molar-refractivity contribution is -0.132. The fraction of sp³-hybridized carbons (Fsp3) is 0.500. The topological polar surface area (TPSA) is 40.6 Å². The largest absolute Gasteiger partial charge is 0.347 e. The number of halogens is 2. The SMILES string of the molecule is CN(C)C(=O)[C@H]1CCCN1C(=O)c1cc(Cl)sc1Cl. The first-order valence-corrected chi connectivity index (χ1v) is 7.46. The van der Waals surface area contributed by atoms with Crippen LogP contribution >= 0.6 is 34.5 Å². The molecule has 1 aromatic heterocycles. The molecule has 0 aromatic carbocycles. The molecule has 0 bridgehead atoms. The van der Waals surface area contributed by atoms with Crippen molar-refractivity contribution in [1.82, 2.24) is 9.80 Å². The summed E-state index contributed by atoms with van der Waals surface area (Å²) in [6.07, 6.45) is 1.52.